The lowest BCUT2D eigenvalue weighted by Gasteiger charge is -2.35. The Kier molecular flexibility index (Phi) is 3.22. The number of esters is 1. The molecule has 3 aliphatic heterocycles. The Morgan fingerprint density at radius 3 is 2.85 bits per heavy atom. The molecule has 1 aromatic heterocycles. The highest BCUT2D eigenvalue weighted by atomic mass is 16.6. The molecule has 27 heavy (non-hydrogen) atoms. The van der Waals surface area contributed by atoms with Gasteiger partial charge in [-0.15, -0.1) is 0 Å². The average molecular weight is 364 g/mol. The van der Waals surface area contributed by atoms with E-state index < -0.39 is 11.6 Å². The fourth-order valence-corrected chi connectivity index (χ4v) is 4.61. The Labute approximate surface area is 156 Å². The number of hydrogen-bond donors (Lipinski definition) is 1. The maximum atomic E-state index is 13.2. The lowest BCUT2D eigenvalue weighted by molar-refractivity contribution is -0.172. The first-order valence-electron chi connectivity index (χ1n) is 9.14. The van der Waals surface area contributed by atoms with Crippen LogP contribution in [0.2, 0.25) is 0 Å². The topological polar surface area (TPSA) is 71.8 Å². The van der Waals surface area contributed by atoms with Crippen molar-refractivity contribution in [2.24, 2.45) is 0 Å². The van der Waals surface area contributed by atoms with E-state index in [9.17, 15) is 14.7 Å². The van der Waals surface area contributed by atoms with E-state index in [1.807, 2.05) is 25.2 Å². The normalized spacial score (nSPS) is 25.1. The third kappa shape index (κ3) is 1.99. The van der Waals surface area contributed by atoms with Crippen molar-refractivity contribution in [3.63, 3.8) is 0 Å². The molecule has 0 radical (unpaired) electrons. The second kappa shape index (κ2) is 5.33. The molecule has 1 N–H and O–H groups in total. The van der Waals surface area contributed by atoms with E-state index in [4.69, 9.17) is 4.74 Å². The van der Waals surface area contributed by atoms with E-state index in [-0.39, 0.29) is 24.6 Å². The van der Waals surface area contributed by atoms with Crippen LogP contribution < -0.4 is 10.5 Å². The minimum absolute atomic E-state index is 0.0862. The van der Waals surface area contributed by atoms with Crippen LogP contribution in [0.15, 0.2) is 40.7 Å². The molecule has 0 bridgehead atoms. The van der Waals surface area contributed by atoms with Crippen LogP contribution in [0.25, 0.3) is 6.08 Å². The largest absolute Gasteiger partial charge is 0.458 e. The number of carbonyl (C=O) groups excluding carboxylic acids is 1. The summed E-state index contributed by atoms with van der Waals surface area (Å²) in [4.78, 5) is 27.5. The van der Waals surface area contributed by atoms with Crippen molar-refractivity contribution < 1.29 is 14.6 Å². The van der Waals surface area contributed by atoms with E-state index in [0.717, 1.165) is 22.5 Å². The smallest absolute Gasteiger partial charge is 0.343 e. The van der Waals surface area contributed by atoms with Gasteiger partial charge in [-0.1, -0.05) is 25.1 Å². The van der Waals surface area contributed by atoms with Gasteiger partial charge in [0.15, 0.2) is 5.60 Å². The van der Waals surface area contributed by atoms with Gasteiger partial charge in [0.2, 0.25) is 0 Å². The summed E-state index contributed by atoms with van der Waals surface area (Å²) < 4.78 is 6.86. The first kappa shape index (κ1) is 16.3. The maximum absolute atomic E-state index is 13.2. The van der Waals surface area contributed by atoms with Crippen LogP contribution in [-0.4, -0.2) is 22.7 Å². The van der Waals surface area contributed by atoms with Crippen molar-refractivity contribution in [2.45, 2.75) is 38.1 Å². The zero-order valence-corrected chi connectivity index (χ0v) is 15.2. The molecule has 2 aromatic rings. The van der Waals surface area contributed by atoms with Crippen molar-refractivity contribution in [2.75, 3.05) is 11.9 Å². The lowest BCUT2D eigenvalue weighted by atomic mass is 9.85. The van der Waals surface area contributed by atoms with Gasteiger partial charge in [0.05, 0.1) is 11.6 Å². The van der Waals surface area contributed by atoms with Crippen LogP contribution in [0.3, 0.4) is 0 Å². The molecular weight excluding hydrogens is 344 g/mol. The molecule has 4 heterocycles. The van der Waals surface area contributed by atoms with Crippen molar-refractivity contribution in [1.82, 2.24) is 4.57 Å². The predicted molar refractivity (Wildman–Crippen MR) is 100 cm³/mol. The number of pyridine rings is 1. The Morgan fingerprint density at radius 1 is 1.30 bits per heavy atom. The number of ether oxygens (including phenoxy) is 1. The Balaban J connectivity index is 1.74. The third-order valence-corrected chi connectivity index (χ3v) is 6.09. The van der Waals surface area contributed by atoms with Crippen LogP contribution in [-0.2, 0) is 28.3 Å². The monoisotopic (exact) mass is 364 g/mol. The summed E-state index contributed by atoms with van der Waals surface area (Å²) >= 11 is 0. The van der Waals surface area contributed by atoms with Gasteiger partial charge in [0.1, 0.15) is 6.61 Å². The molecule has 6 nitrogen and oxygen atoms in total. The molecule has 5 rings (SSSR count). The number of para-hydroxylation sites is 1. The van der Waals surface area contributed by atoms with Gasteiger partial charge < -0.3 is 19.3 Å². The van der Waals surface area contributed by atoms with E-state index in [1.54, 1.807) is 11.5 Å². The summed E-state index contributed by atoms with van der Waals surface area (Å²) in [6.07, 6.45) is 2.30. The zero-order chi connectivity index (χ0) is 18.9. The van der Waals surface area contributed by atoms with Crippen molar-refractivity contribution in [1.29, 1.82) is 0 Å². The molecule has 0 amide bonds. The fourth-order valence-electron chi connectivity index (χ4n) is 4.61. The highest BCUT2D eigenvalue weighted by Crippen LogP contribution is 2.45. The van der Waals surface area contributed by atoms with Gasteiger partial charge in [0, 0.05) is 30.5 Å². The second-order valence-electron chi connectivity index (χ2n) is 7.43. The van der Waals surface area contributed by atoms with Crippen molar-refractivity contribution in [3.05, 3.63) is 68.6 Å². The fraction of sp³-hybridized carbons (Fsp3) is 0.333. The van der Waals surface area contributed by atoms with Gasteiger partial charge >= 0.3 is 5.97 Å². The van der Waals surface area contributed by atoms with Gasteiger partial charge in [-0.3, -0.25) is 4.79 Å². The Morgan fingerprint density at radius 2 is 2.07 bits per heavy atom. The number of nitrogens with zero attached hydrogens (tertiary/aromatic N) is 2. The zero-order valence-electron chi connectivity index (χ0n) is 15.2. The summed E-state index contributed by atoms with van der Waals surface area (Å²) in [6, 6.07) is 9.86. The standard InChI is InChI=1S/C21H20N2O4/c1-3-21(26)15-9-17-18-13(8-12-6-4-5-7-16(12)22(18)2)10-23(17)19(24)14(15)11-27-20(21)25/h4-9,18,26H,3,10-11H2,1-2H3. The molecular formula is C21H20N2O4. The second-order valence-corrected chi connectivity index (χ2v) is 7.43. The molecule has 0 fully saturated rings. The molecule has 0 spiro atoms. The van der Waals surface area contributed by atoms with Crippen LogP contribution in [0.1, 0.15) is 41.8 Å². The first-order chi connectivity index (χ1) is 13.0. The highest BCUT2D eigenvalue weighted by Gasteiger charge is 2.46. The highest BCUT2D eigenvalue weighted by molar-refractivity contribution is 5.83. The number of cyclic esters (lactones) is 1. The van der Waals surface area contributed by atoms with Gasteiger partial charge in [0.25, 0.3) is 5.56 Å². The molecule has 0 saturated heterocycles. The molecule has 2 atom stereocenters. The number of hydrogen-bond acceptors (Lipinski definition) is 5. The maximum Gasteiger partial charge on any atom is 0.343 e. The molecule has 1 aromatic carbocycles. The SMILES string of the molecule is CCC1(O)C(=O)OCc2c1cc1n(c2=O)CC2=Cc3ccccc3N(C)C21. The summed E-state index contributed by atoms with van der Waals surface area (Å²) in [7, 11) is 2.01. The van der Waals surface area contributed by atoms with E-state index in [0.29, 0.717) is 17.7 Å². The van der Waals surface area contributed by atoms with Crippen LogP contribution in [0.4, 0.5) is 5.69 Å². The molecule has 0 aliphatic carbocycles. The number of rotatable bonds is 1. The summed E-state index contributed by atoms with van der Waals surface area (Å²) in [5, 5.41) is 10.9. The number of carbonyl (C=O) groups is 1. The molecule has 138 valence electrons. The van der Waals surface area contributed by atoms with E-state index in [2.05, 4.69) is 23.1 Å². The lowest BCUT2D eigenvalue weighted by Crippen LogP contribution is -2.44. The molecule has 2 unspecified atom stereocenters. The van der Waals surface area contributed by atoms with E-state index >= 15 is 0 Å². The Bertz CT molecular complexity index is 1080. The van der Waals surface area contributed by atoms with Gasteiger partial charge in [-0.05, 0) is 35.8 Å². The van der Waals surface area contributed by atoms with Gasteiger partial charge in [-0.2, -0.15) is 0 Å². The van der Waals surface area contributed by atoms with Crippen LogP contribution >= 0.6 is 0 Å². The first-order valence-corrected chi connectivity index (χ1v) is 9.14. The number of aromatic nitrogens is 1. The minimum Gasteiger partial charge on any atom is -0.458 e. The summed E-state index contributed by atoms with van der Waals surface area (Å²) in [5.41, 5.74) is 2.98. The number of benzene rings is 1. The predicted octanol–water partition coefficient (Wildman–Crippen LogP) is 2.09. The number of likely N-dealkylation sites (N-methyl/N-ethyl adjacent to an activating group) is 1. The number of fused-ring (bicyclic) bond motifs is 5. The van der Waals surface area contributed by atoms with E-state index in [1.165, 1.54) is 0 Å². The third-order valence-electron chi connectivity index (χ3n) is 6.09. The summed E-state index contributed by atoms with van der Waals surface area (Å²) in [6.45, 7) is 2.13. The average Bonchev–Trinajstić information content (AvgIpc) is 3.04. The van der Waals surface area contributed by atoms with Gasteiger partial charge in [-0.25, -0.2) is 4.79 Å². The van der Waals surface area contributed by atoms with Crippen LogP contribution in [0, 0.1) is 0 Å². The number of anilines is 1. The minimum atomic E-state index is -1.76. The molecule has 0 saturated carbocycles. The van der Waals surface area contributed by atoms with Crippen molar-refractivity contribution >= 4 is 17.7 Å². The summed E-state index contributed by atoms with van der Waals surface area (Å²) in [5.74, 6) is -0.682. The van der Waals surface area contributed by atoms with Crippen molar-refractivity contribution in [3.8, 4) is 0 Å². The quantitative estimate of drug-likeness (QED) is 0.785. The molecule has 3 aliphatic rings. The molecule has 6 heteroatoms. The Hall–Kier alpha value is -2.86. The van der Waals surface area contributed by atoms with Crippen LogP contribution in [0.5, 0.6) is 0 Å². The number of aliphatic hydroxyl groups is 1.